The molecule has 2 aliphatic rings. The third-order valence-electron chi connectivity index (χ3n) is 5.41. The number of aromatic nitrogens is 2. The Morgan fingerprint density at radius 2 is 1.91 bits per heavy atom. The fourth-order valence-corrected chi connectivity index (χ4v) is 4.05. The molecule has 2 fully saturated rings. The van der Waals surface area contributed by atoms with Crippen molar-refractivity contribution in [2.45, 2.75) is 31.3 Å². The summed E-state index contributed by atoms with van der Waals surface area (Å²) in [7, 11) is 0. The molecule has 0 spiro atoms. The third-order valence-corrected chi connectivity index (χ3v) is 5.41. The second-order valence-electron chi connectivity index (χ2n) is 7.95. The Kier molecular flexibility index (Phi) is 7.18. The van der Waals surface area contributed by atoms with E-state index in [0.717, 1.165) is 10.9 Å². The number of hydrogen-bond acceptors (Lipinski definition) is 9. The first-order valence-electron chi connectivity index (χ1n) is 10.5. The van der Waals surface area contributed by atoms with E-state index in [1.54, 1.807) is 23.9 Å². The van der Waals surface area contributed by atoms with Crippen molar-refractivity contribution >= 4 is 39.9 Å². The summed E-state index contributed by atoms with van der Waals surface area (Å²) in [6, 6.07) is 7.85. The van der Waals surface area contributed by atoms with Crippen LogP contribution < -0.4 is 15.8 Å². The maximum atomic E-state index is 14.0. The zero-order chi connectivity index (χ0) is 23.5. The fraction of sp³-hybridized carbons (Fsp3) is 0.391. The summed E-state index contributed by atoms with van der Waals surface area (Å²) in [6.07, 6.45) is 3.55. The topological polar surface area (TPSA) is 112 Å². The van der Waals surface area contributed by atoms with Gasteiger partial charge in [-0.2, -0.15) is 11.8 Å². The molecule has 3 heterocycles. The number of nitrogens with one attached hydrogen (secondary N) is 1. The Labute approximate surface area is 195 Å². The molecule has 5 rings (SSSR count). The molecular formula is C23H27FN4O4S. The molecule has 4 unspecified atom stereocenters. The van der Waals surface area contributed by atoms with Gasteiger partial charge in [0.15, 0.2) is 6.10 Å². The number of ether oxygens (including phenoxy) is 3. The molecule has 176 valence electrons. The summed E-state index contributed by atoms with van der Waals surface area (Å²) >= 11 is 1.75. The molecule has 2 aliphatic heterocycles. The lowest BCUT2D eigenvalue weighted by atomic mass is 10.1. The number of nitrogens with two attached hydrogens (primary N) is 1. The normalized spacial score (nSPS) is 23.7. The zero-order valence-corrected chi connectivity index (χ0v) is 19.4. The predicted octanol–water partition coefficient (Wildman–Crippen LogP) is 3.29. The Bertz CT molecular complexity index is 1140. The minimum Gasteiger partial charge on any atom is -0.483 e. The van der Waals surface area contributed by atoms with Crippen molar-refractivity contribution in [3.05, 3.63) is 48.0 Å². The lowest BCUT2D eigenvalue weighted by Gasteiger charge is -2.21. The molecule has 33 heavy (non-hydrogen) atoms. The highest BCUT2D eigenvalue weighted by Gasteiger charge is 2.48. The molecule has 4 N–H and O–H groups in total. The molecular weight excluding hydrogens is 447 g/mol. The number of rotatable bonds is 4. The standard InChI is InChI=1S/C21H21FN4O4.C2H6S/c1-10-4-12(23)6-14-18(10)21(25-9-24-14)26-13-3-2-11(22)5-16(13)30-17-8-29-19-15(27)7-28-20(17)19;1-3-2/h2-6,9,15,17,19-20,27H,7-8,23H2,1H3,(H,24,25,26);1-2H3. The molecule has 4 atom stereocenters. The van der Waals surface area contributed by atoms with Crippen molar-refractivity contribution in [2.24, 2.45) is 0 Å². The first-order valence-corrected chi connectivity index (χ1v) is 12.1. The van der Waals surface area contributed by atoms with Gasteiger partial charge in [0.05, 0.1) is 24.4 Å². The number of benzene rings is 2. The van der Waals surface area contributed by atoms with Crippen LogP contribution in [0.4, 0.5) is 21.6 Å². The van der Waals surface area contributed by atoms with Crippen LogP contribution in [0.2, 0.25) is 0 Å². The van der Waals surface area contributed by atoms with Crippen LogP contribution in [-0.4, -0.2) is 65.2 Å². The summed E-state index contributed by atoms with van der Waals surface area (Å²) in [4.78, 5) is 8.65. The summed E-state index contributed by atoms with van der Waals surface area (Å²) in [6.45, 7) is 2.37. The number of aliphatic hydroxyl groups is 1. The van der Waals surface area contributed by atoms with Crippen LogP contribution in [0.1, 0.15) is 5.56 Å². The minimum atomic E-state index is -0.684. The monoisotopic (exact) mass is 474 g/mol. The fourth-order valence-electron chi connectivity index (χ4n) is 4.05. The predicted molar refractivity (Wildman–Crippen MR) is 128 cm³/mol. The van der Waals surface area contributed by atoms with Crippen molar-refractivity contribution in [1.29, 1.82) is 0 Å². The van der Waals surface area contributed by atoms with Gasteiger partial charge in [-0.25, -0.2) is 14.4 Å². The molecule has 0 aliphatic carbocycles. The van der Waals surface area contributed by atoms with Crippen molar-refractivity contribution in [3.63, 3.8) is 0 Å². The number of fused-ring (bicyclic) bond motifs is 2. The zero-order valence-electron chi connectivity index (χ0n) is 18.6. The van der Waals surface area contributed by atoms with Crippen molar-refractivity contribution in [1.82, 2.24) is 9.97 Å². The highest BCUT2D eigenvalue weighted by Crippen LogP contribution is 2.36. The molecule has 3 aromatic rings. The molecule has 0 amide bonds. The number of nitrogen functional groups attached to an aromatic ring is 1. The molecule has 0 radical (unpaired) electrons. The number of nitrogens with zero attached hydrogens (tertiary/aromatic N) is 2. The van der Waals surface area contributed by atoms with E-state index in [0.29, 0.717) is 28.5 Å². The van der Waals surface area contributed by atoms with Gasteiger partial charge in [-0.05, 0) is 49.3 Å². The number of aryl methyl sites for hydroxylation is 1. The van der Waals surface area contributed by atoms with Crippen LogP contribution in [0.3, 0.4) is 0 Å². The van der Waals surface area contributed by atoms with Gasteiger partial charge in [-0.3, -0.25) is 0 Å². The van der Waals surface area contributed by atoms with Gasteiger partial charge in [-0.1, -0.05) is 0 Å². The molecule has 10 heteroatoms. The number of thioether (sulfide) groups is 1. The van der Waals surface area contributed by atoms with Gasteiger partial charge < -0.3 is 30.4 Å². The first kappa shape index (κ1) is 23.5. The highest BCUT2D eigenvalue weighted by atomic mass is 32.2. The van der Waals surface area contributed by atoms with E-state index in [4.69, 9.17) is 19.9 Å². The van der Waals surface area contributed by atoms with E-state index in [-0.39, 0.29) is 13.2 Å². The number of aliphatic hydroxyl groups excluding tert-OH is 1. The van der Waals surface area contributed by atoms with E-state index < -0.39 is 30.2 Å². The maximum Gasteiger partial charge on any atom is 0.151 e. The van der Waals surface area contributed by atoms with Crippen LogP contribution >= 0.6 is 11.8 Å². The Hall–Kier alpha value is -2.66. The van der Waals surface area contributed by atoms with Crippen molar-refractivity contribution < 1.29 is 23.7 Å². The second kappa shape index (κ2) is 10.1. The van der Waals surface area contributed by atoms with Crippen LogP contribution in [0.25, 0.3) is 10.9 Å². The smallest absolute Gasteiger partial charge is 0.151 e. The van der Waals surface area contributed by atoms with E-state index in [1.165, 1.54) is 18.5 Å². The lowest BCUT2D eigenvalue weighted by Crippen LogP contribution is -2.34. The summed E-state index contributed by atoms with van der Waals surface area (Å²) in [5.41, 5.74) is 8.70. The molecule has 0 bridgehead atoms. The summed E-state index contributed by atoms with van der Waals surface area (Å²) in [5, 5.41) is 14.0. The summed E-state index contributed by atoms with van der Waals surface area (Å²) in [5.74, 6) is 0.422. The van der Waals surface area contributed by atoms with Gasteiger partial charge >= 0.3 is 0 Å². The van der Waals surface area contributed by atoms with E-state index >= 15 is 0 Å². The largest absolute Gasteiger partial charge is 0.483 e. The van der Waals surface area contributed by atoms with E-state index in [2.05, 4.69) is 15.3 Å². The van der Waals surface area contributed by atoms with Crippen molar-refractivity contribution in [3.8, 4) is 5.75 Å². The molecule has 0 saturated carbocycles. The van der Waals surface area contributed by atoms with Crippen LogP contribution in [0, 0.1) is 12.7 Å². The minimum absolute atomic E-state index is 0.193. The Morgan fingerprint density at radius 1 is 1.15 bits per heavy atom. The van der Waals surface area contributed by atoms with Crippen LogP contribution in [0.5, 0.6) is 5.75 Å². The maximum absolute atomic E-state index is 14.0. The first-order chi connectivity index (χ1) is 15.9. The van der Waals surface area contributed by atoms with E-state index in [9.17, 15) is 9.50 Å². The van der Waals surface area contributed by atoms with Gasteiger partial charge in [0.2, 0.25) is 0 Å². The molecule has 8 nitrogen and oxygen atoms in total. The third kappa shape index (κ3) is 4.98. The quantitative estimate of drug-likeness (QED) is 0.491. The average molecular weight is 475 g/mol. The SMILES string of the molecule is CSC.Cc1cc(N)cc2ncnc(Nc3ccc(F)cc3OC3COC4C(O)COC34)c12. The van der Waals surface area contributed by atoms with Gasteiger partial charge in [-0.15, -0.1) is 0 Å². The average Bonchev–Trinajstić information content (AvgIpc) is 3.33. The van der Waals surface area contributed by atoms with Crippen LogP contribution in [0.15, 0.2) is 36.7 Å². The number of anilines is 3. The van der Waals surface area contributed by atoms with Gasteiger partial charge in [0, 0.05) is 17.1 Å². The highest BCUT2D eigenvalue weighted by molar-refractivity contribution is 7.97. The number of hydrogen-bond donors (Lipinski definition) is 3. The van der Waals surface area contributed by atoms with Crippen molar-refractivity contribution in [2.75, 3.05) is 36.8 Å². The number of halogens is 1. The molecule has 2 saturated heterocycles. The summed E-state index contributed by atoms with van der Waals surface area (Å²) < 4.78 is 31.3. The van der Waals surface area contributed by atoms with Gasteiger partial charge in [0.1, 0.15) is 42.0 Å². The Morgan fingerprint density at radius 3 is 2.70 bits per heavy atom. The van der Waals surface area contributed by atoms with E-state index in [1.807, 2.05) is 25.5 Å². The Balaban J connectivity index is 0.000000821. The molecule has 1 aromatic heterocycles. The van der Waals surface area contributed by atoms with Crippen LogP contribution in [-0.2, 0) is 9.47 Å². The molecule has 2 aromatic carbocycles. The second-order valence-corrected chi connectivity index (χ2v) is 8.76. The lowest BCUT2D eigenvalue weighted by molar-refractivity contribution is 0.00871. The van der Waals surface area contributed by atoms with Gasteiger partial charge in [0.25, 0.3) is 0 Å².